The number of hydrogen-bond acceptors (Lipinski definition) is 3. The topological polar surface area (TPSA) is 69.7 Å². The highest BCUT2D eigenvalue weighted by molar-refractivity contribution is 6.16. The van der Waals surface area contributed by atoms with Crippen LogP contribution in [0.1, 0.15) is 77.4 Å². The van der Waals surface area contributed by atoms with Crippen molar-refractivity contribution in [1.29, 1.82) is 0 Å². The number of anilines is 1. The molecule has 1 fully saturated rings. The van der Waals surface area contributed by atoms with Gasteiger partial charge in [0.25, 0.3) is 11.8 Å². The molecule has 1 N–H and O–H groups in total. The van der Waals surface area contributed by atoms with Crippen molar-refractivity contribution in [3.8, 4) is 0 Å². The monoisotopic (exact) mass is 417 g/mol. The molecule has 0 spiro atoms. The van der Waals surface area contributed by atoms with Crippen LogP contribution in [0.5, 0.6) is 0 Å². The van der Waals surface area contributed by atoms with Gasteiger partial charge >= 0.3 is 0 Å². The SMILES string of the molecule is O=C(CCN1C(=O)c2ccccc2N2C(=O)c3ccccc3[C@@H]12)NC1CCCCCC1. The van der Waals surface area contributed by atoms with Crippen LogP contribution in [0.3, 0.4) is 0 Å². The van der Waals surface area contributed by atoms with E-state index in [-0.39, 0.29) is 36.7 Å². The Labute approximate surface area is 182 Å². The molecule has 6 heteroatoms. The van der Waals surface area contributed by atoms with E-state index in [9.17, 15) is 14.4 Å². The van der Waals surface area contributed by atoms with Crippen LogP contribution >= 0.6 is 0 Å². The molecule has 2 aromatic carbocycles. The van der Waals surface area contributed by atoms with Gasteiger partial charge in [-0.25, -0.2) is 0 Å². The number of carbonyl (C=O) groups excluding carboxylic acids is 3. The number of nitrogens with zero attached hydrogens (tertiary/aromatic N) is 2. The molecule has 2 heterocycles. The van der Waals surface area contributed by atoms with Crippen LogP contribution in [0.25, 0.3) is 0 Å². The number of hydrogen-bond donors (Lipinski definition) is 1. The first-order valence-corrected chi connectivity index (χ1v) is 11.3. The zero-order chi connectivity index (χ0) is 21.4. The number of nitrogens with one attached hydrogen (secondary N) is 1. The number of benzene rings is 2. The Balaban J connectivity index is 1.39. The standard InChI is InChI=1S/C25H27N3O3/c29-22(26-17-9-3-1-2-4-10-17)15-16-27-23-18-11-5-6-12-19(18)25(31)28(23)21-14-8-7-13-20(21)24(27)30/h5-8,11-14,17,23H,1-4,9-10,15-16H2,(H,26,29)/t23-/m0/s1. The second kappa shape index (κ2) is 8.17. The molecule has 31 heavy (non-hydrogen) atoms. The van der Waals surface area contributed by atoms with Crippen LogP contribution < -0.4 is 10.2 Å². The Morgan fingerprint density at radius 1 is 0.871 bits per heavy atom. The van der Waals surface area contributed by atoms with Crippen molar-refractivity contribution in [2.45, 2.75) is 57.2 Å². The summed E-state index contributed by atoms with van der Waals surface area (Å²) < 4.78 is 0. The summed E-state index contributed by atoms with van der Waals surface area (Å²) in [7, 11) is 0. The molecule has 2 aliphatic heterocycles. The molecule has 1 atom stereocenters. The Hall–Kier alpha value is -3.15. The number of carbonyl (C=O) groups is 3. The van der Waals surface area contributed by atoms with Crippen LogP contribution in [0.2, 0.25) is 0 Å². The molecule has 160 valence electrons. The van der Waals surface area contributed by atoms with Gasteiger partial charge in [0.15, 0.2) is 0 Å². The lowest BCUT2D eigenvalue weighted by Crippen LogP contribution is -2.49. The van der Waals surface area contributed by atoms with E-state index in [1.165, 1.54) is 12.8 Å². The smallest absolute Gasteiger partial charge is 0.260 e. The van der Waals surface area contributed by atoms with Gasteiger partial charge in [0.1, 0.15) is 6.17 Å². The molecule has 0 bridgehead atoms. The summed E-state index contributed by atoms with van der Waals surface area (Å²) in [6, 6.07) is 14.9. The summed E-state index contributed by atoms with van der Waals surface area (Å²) in [5.41, 5.74) is 2.58. The zero-order valence-electron chi connectivity index (χ0n) is 17.5. The molecule has 6 nitrogen and oxygen atoms in total. The van der Waals surface area contributed by atoms with Crippen molar-refractivity contribution in [3.63, 3.8) is 0 Å². The van der Waals surface area contributed by atoms with Gasteiger partial charge in [-0.1, -0.05) is 56.0 Å². The van der Waals surface area contributed by atoms with Gasteiger partial charge in [-0.3, -0.25) is 19.3 Å². The third-order valence-electron chi connectivity index (χ3n) is 6.68. The van der Waals surface area contributed by atoms with E-state index < -0.39 is 6.17 Å². The molecular weight excluding hydrogens is 390 g/mol. The molecule has 0 unspecified atom stereocenters. The second-order valence-corrected chi connectivity index (χ2v) is 8.66. The fourth-order valence-corrected chi connectivity index (χ4v) is 5.14. The molecular formula is C25H27N3O3. The predicted octanol–water partition coefficient (Wildman–Crippen LogP) is 4.03. The largest absolute Gasteiger partial charge is 0.353 e. The van der Waals surface area contributed by atoms with Crippen LogP contribution in [-0.4, -0.2) is 35.2 Å². The van der Waals surface area contributed by atoms with Crippen molar-refractivity contribution in [2.75, 3.05) is 11.4 Å². The summed E-state index contributed by atoms with van der Waals surface area (Å²) in [6.45, 7) is 0.272. The second-order valence-electron chi connectivity index (χ2n) is 8.66. The molecule has 1 aliphatic carbocycles. The lowest BCUT2D eigenvalue weighted by Gasteiger charge is -2.40. The summed E-state index contributed by atoms with van der Waals surface area (Å²) in [6.07, 6.45) is 6.56. The fraction of sp³-hybridized carbons (Fsp3) is 0.400. The van der Waals surface area contributed by atoms with Crippen molar-refractivity contribution >= 4 is 23.4 Å². The summed E-state index contributed by atoms with van der Waals surface area (Å²) in [4.78, 5) is 42.6. The molecule has 1 saturated carbocycles. The van der Waals surface area contributed by atoms with Gasteiger partial charge in [-0.15, -0.1) is 0 Å². The minimum absolute atomic E-state index is 0.0253. The first kappa shape index (κ1) is 19.8. The van der Waals surface area contributed by atoms with Crippen LogP contribution in [0, 0.1) is 0 Å². The number of rotatable bonds is 4. The summed E-state index contributed by atoms with van der Waals surface area (Å²) in [5.74, 6) is -0.264. The summed E-state index contributed by atoms with van der Waals surface area (Å²) in [5, 5.41) is 3.16. The maximum absolute atomic E-state index is 13.4. The minimum Gasteiger partial charge on any atom is -0.353 e. The number of amides is 3. The van der Waals surface area contributed by atoms with E-state index in [2.05, 4.69) is 5.32 Å². The Morgan fingerprint density at radius 3 is 2.32 bits per heavy atom. The van der Waals surface area contributed by atoms with E-state index in [0.717, 1.165) is 31.2 Å². The average molecular weight is 418 g/mol. The van der Waals surface area contributed by atoms with Crippen LogP contribution in [0.15, 0.2) is 48.5 Å². The van der Waals surface area contributed by atoms with E-state index in [1.807, 2.05) is 36.4 Å². The lowest BCUT2D eigenvalue weighted by atomic mass is 10.0. The Morgan fingerprint density at radius 2 is 1.55 bits per heavy atom. The summed E-state index contributed by atoms with van der Waals surface area (Å²) >= 11 is 0. The molecule has 0 radical (unpaired) electrons. The molecule has 3 amide bonds. The van der Waals surface area contributed by atoms with Gasteiger partial charge < -0.3 is 10.2 Å². The van der Waals surface area contributed by atoms with Crippen molar-refractivity contribution in [1.82, 2.24) is 10.2 Å². The third kappa shape index (κ3) is 3.50. The van der Waals surface area contributed by atoms with Gasteiger partial charge in [0.2, 0.25) is 5.91 Å². The fourth-order valence-electron chi connectivity index (χ4n) is 5.14. The molecule has 0 saturated heterocycles. The lowest BCUT2D eigenvalue weighted by molar-refractivity contribution is -0.122. The van der Waals surface area contributed by atoms with Gasteiger partial charge in [-0.2, -0.15) is 0 Å². The van der Waals surface area contributed by atoms with Gasteiger partial charge in [-0.05, 0) is 31.0 Å². The minimum atomic E-state index is -0.503. The zero-order valence-corrected chi connectivity index (χ0v) is 17.5. The molecule has 0 aromatic heterocycles. The van der Waals surface area contributed by atoms with Crippen molar-refractivity contribution < 1.29 is 14.4 Å². The normalized spacial score (nSPS) is 20.7. The highest BCUT2D eigenvalue weighted by atomic mass is 16.2. The predicted molar refractivity (Wildman–Crippen MR) is 118 cm³/mol. The van der Waals surface area contributed by atoms with Crippen LogP contribution in [0.4, 0.5) is 5.69 Å². The van der Waals surface area contributed by atoms with Crippen molar-refractivity contribution in [2.24, 2.45) is 0 Å². The molecule has 2 aromatic rings. The number of fused-ring (bicyclic) bond motifs is 5. The van der Waals surface area contributed by atoms with Crippen molar-refractivity contribution in [3.05, 3.63) is 65.2 Å². The Bertz CT molecular complexity index is 1030. The van der Waals surface area contributed by atoms with E-state index in [0.29, 0.717) is 16.8 Å². The first-order chi connectivity index (χ1) is 15.1. The maximum atomic E-state index is 13.4. The maximum Gasteiger partial charge on any atom is 0.260 e. The van der Waals surface area contributed by atoms with E-state index >= 15 is 0 Å². The van der Waals surface area contributed by atoms with Gasteiger partial charge in [0, 0.05) is 30.1 Å². The average Bonchev–Trinajstić information content (AvgIpc) is 2.93. The highest BCUT2D eigenvalue weighted by Gasteiger charge is 2.47. The van der Waals surface area contributed by atoms with Gasteiger partial charge in [0.05, 0.1) is 11.3 Å². The number of para-hydroxylation sites is 1. The quantitative estimate of drug-likeness (QED) is 0.764. The molecule has 3 aliphatic rings. The van der Waals surface area contributed by atoms with E-state index in [1.54, 1.807) is 21.9 Å². The first-order valence-electron chi connectivity index (χ1n) is 11.3. The highest BCUT2D eigenvalue weighted by Crippen LogP contribution is 2.45. The molecule has 5 rings (SSSR count). The third-order valence-corrected chi connectivity index (χ3v) is 6.68. The van der Waals surface area contributed by atoms with E-state index in [4.69, 9.17) is 0 Å². The Kier molecular flexibility index (Phi) is 5.22. The van der Waals surface area contributed by atoms with Crippen LogP contribution in [-0.2, 0) is 4.79 Å².